The first-order valence-electron chi connectivity index (χ1n) is 5.74. The number of benzene rings is 1. The van der Waals surface area contributed by atoms with E-state index in [1.807, 2.05) is 32.0 Å². The molecule has 0 aliphatic carbocycles. The third-order valence-corrected chi connectivity index (χ3v) is 3.18. The Hall–Kier alpha value is -0.580. The molecule has 0 spiro atoms. The Kier molecular flexibility index (Phi) is 5.43. The van der Waals surface area contributed by atoms with Gasteiger partial charge in [0, 0.05) is 13.0 Å². The van der Waals surface area contributed by atoms with Crippen LogP contribution >= 0.6 is 15.9 Å². The molecular weight excluding hydrogens is 282 g/mol. The lowest BCUT2D eigenvalue weighted by molar-refractivity contribution is 0.0607. The van der Waals surface area contributed by atoms with Gasteiger partial charge in [0.1, 0.15) is 5.75 Å². The monoisotopic (exact) mass is 301 g/mol. The molecular formula is C13H20BrNO2. The number of hydrogen-bond donors (Lipinski definition) is 2. The molecule has 1 aromatic rings. The second kappa shape index (κ2) is 6.38. The first kappa shape index (κ1) is 14.5. The third-order valence-electron chi connectivity index (χ3n) is 2.56. The smallest absolute Gasteiger partial charge is 0.133 e. The molecule has 17 heavy (non-hydrogen) atoms. The lowest BCUT2D eigenvalue weighted by Gasteiger charge is -2.23. The summed E-state index contributed by atoms with van der Waals surface area (Å²) in [5.41, 5.74) is 0.352. The van der Waals surface area contributed by atoms with Gasteiger partial charge in [-0.2, -0.15) is 0 Å². The van der Waals surface area contributed by atoms with Crippen molar-refractivity contribution in [2.24, 2.45) is 0 Å². The van der Waals surface area contributed by atoms with Crippen LogP contribution in [-0.2, 0) is 6.42 Å². The van der Waals surface area contributed by atoms with Crippen molar-refractivity contribution < 1.29 is 9.84 Å². The van der Waals surface area contributed by atoms with Crippen LogP contribution in [0.1, 0.15) is 19.4 Å². The number of hydrogen-bond acceptors (Lipinski definition) is 3. The van der Waals surface area contributed by atoms with E-state index < -0.39 is 5.60 Å². The number of aliphatic hydroxyl groups is 1. The Balaban J connectivity index is 2.71. The lowest BCUT2D eigenvalue weighted by atomic mass is 9.96. The van der Waals surface area contributed by atoms with E-state index in [9.17, 15) is 5.11 Å². The quantitative estimate of drug-likeness (QED) is 0.847. The highest BCUT2D eigenvalue weighted by Crippen LogP contribution is 2.27. The minimum Gasteiger partial charge on any atom is -0.496 e. The Morgan fingerprint density at radius 1 is 1.47 bits per heavy atom. The molecule has 0 saturated carbocycles. The maximum absolute atomic E-state index is 10.2. The van der Waals surface area contributed by atoms with Crippen LogP contribution in [-0.4, -0.2) is 30.9 Å². The van der Waals surface area contributed by atoms with Crippen LogP contribution in [0.25, 0.3) is 0 Å². The zero-order valence-corrected chi connectivity index (χ0v) is 12.2. The fraction of sp³-hybridized carbons (Fsp3) is 0.538. The molecule has 0 bridgehead atoms. The lowest BCUT2D eigenvalue weighted by Crippen LogP contribution is -2.39. The van der Waals surface area contributed by atoms with Crippen molar-refractivity contribution in [2.45, 2.75) is 25.9 Å². The fourth-order valence-corrected chi connectivity index (χ4v) is 2.30. The van der Waals surface area contributed by atoms with E-state index in [1.165, 1.54) is 0 Å². The Morgan fingerprint density at radius 3 is 2.71 bits per heavy atom. The molecule has 0 amide bonds. The van der Waals surface area contributed by atoms with Crippen LogP contribution in [0.15, 0.2) is 22.7 Å². The van der Waals surface area contributed by atoms with Gasteiger partial charge in [-0.1, -0.05) is 13.0 Å². The fourth-order valence-electron chi connectivity index (χ4n) is 1.72. The number of methoxy groups -OCH3 is 1. The van der Waals surface area contributed by atoms with Gasteiger partial charge < -0.3 is 15.2 Å². The van der Waals surface area contributed by atoms with Gasteiger partial charge in [0.2, 0.25) is 0 Å². The van der Waals surface area contributed by atoms with Gasteiger partial charge in [-0.15, -0.1) is 0 Å². The minimum absolute atomic E-state index is 0.590. The predicted octanol–water partition coefficient (Wildman–Crippen LogP) is 2.36. The average Bonchev–Trinajstić information content (AvgIpc) is 2.26. The molecule has 1 atom stereocenters. The van der Waals surface area contributed by atoms with Crippen LogP contribution < -0.4 is 10.1 Å². The van der Waals surface area contributed by atoms with Crippen molar-refractivity contribution in [1.29, 1.82) is 0 Å². The molecule has 0 radical (unpaired) electrons. The molecule has 2 N–H and O–H groups in total. The zero-order chi connectivity index (χ0) is 12.9. The maximum atomic E-state index is 10.2. The van der Waals surface area contributed by atoms with E-state index in [0.29, 0.717) is 13.0 Å². The van der Waals surface area contributed by atoms with Gasteiger partial charge in [0.05, 0.1) is 17.2 Å². The Labute approximate surface area is 111 Å². The molecule has 0 fully saturated rings. The summed E-state index contributed by atoms with van der Waals surface area (Å²) in [4.78, 5) is 0. The van der Waals surface area contributed by atoms with Gasteiger partial charge in [-0.3, -0.25) is 0 Å². The normalized spacial score (nSPS) is 14.4. The van der Waals surface area contributed by atoms with Crippen molar-refractivity contribution in [3.05, 3.63) is 28.2 Å². The first-order chi connectivity index (χ1) is 7.98. The van der Waals surface area contributed by atoms with E-state index in [0.717, 1.165) is 22.3 Å². The number of halogens is 1. The summed E-state index contributed by atoms with van der Waals surface area (Å²) in [5.74, 6) is 0.806. The topological polar surface area (TPSA) is 41.5 Å². The van der Waals surface area contributed by atoms with Crippen molar-refractivity contribution in [1.82, 2.24) is 5.32 Å². The first-order valence-corrected chi connectivity index (χ1v) is 6.53. The van der Waals surface area contributed by atoms with Crippen LogP contribution in [0, 0.1) is 0 Å². The van der Waals surface area contributed by atoms with Crippen molar-refractivity contribution in [3.63, 3.8) is 0 Å². The molecule has 0 saturated heterocycles. The second-order valence-electron chi connectivity index (χ2n) is 4.42. The second-order valence-corrected chi connectivity index (χ2v) is 5.28. The minimum atomic E-state index is -0.732. The van der Waals surface area contributed by atoms with E-state index in [-0.39, 0.29) is 0 Å². The third kappa shape index (κ3) is 4.66. The predicted molar refractivity (Wildman–Crippen MR) is 73.6 cm³/mol. The van der Waals surface area contributed by atoms with Crippen LogP contribution in [0.5, 0.6) is 5.75 Å². The van der Waals surface area contributed by atoms with E-state index in [2.05, 4.69) is 21.2 Å². The molecule has 1 aromatic carbocycles. The molecule has 3 nitrogen and oxygen atoms in total. The number of rotatable bonds is 6. The van der Waals surface area contributed by atoms with Crippen LogP contribution in [0.2, 0.25) is 0 Å². The molecule has 0 aromatic heterocycles. The van der Waals surface area contributed by atoms with Gasteiger partial charge in [0.25, 0.3) is 0 Å². The van der Waals surface area contributed by atoms with Crippen molar-refractivity contribution >= 4 is 15.9 Å². The summed E-state index contributed by atoms with van der Waals surface area (Å²) in [7, 11) is 1.64. The Morgan fingerprint density at radius 2 is 2.18 bits per heavy atom. The van der Waals surface area contributed by atoms with E-state index in [1.54, 1.807) is 7.11 Å². The van der Waals surface area contributed by atoms with Crippen LogP contribution in [0.4, 0.5) is 0 Å². The largest absolute Gasteiger partial charge is 0.496 e. The molecule has 4 heteroatoms. The molecule has 1 unspecified atom stereocenters. The molecule has 0 aliphatic heterocycles. The number of likely N-dealkylation sites (N-methyl/N-ethyl adjacent to an activating group) is 1. The summed E-state index contributed by atoms with van der Waals surface area (Å²) in [5, 5.41) is 13.4. The van der Waals surface area contributed by atoms with Gasteiger partial charge >= 0.3 is 0 Å². The highest BCUT2D eigenvalue weighted by Gasteiger charge is 2.20. The maximum Gasteiger partial charge on any atom is 0.133 e. The summed E-state index contributed by atoms with van der Waals surface area (Å²) in [6, 6.07) is 5.87. The zero-order valence-electron chi connectivity index (χ0n) is 10.6. The van der Waals surface area contributed by atoms with E-state index in [4.69, 9.17) is 4.74 Å². The summed E-state index contributed by atoms with van der Waals surface area (Å²) in [6.07, 6.45) is 0.614. The highest BCUT2D eigenvalue weighted by molar-refractivity contribution is 9.10. The average molecular weight is 302 g/mol. The summed E-state index contributed by atoms with van der Waals surface area (Å²) >= 11 is 3.45. The summed E-state index contributed by atoms with van der Waals surface area (Å²) in [6.45, 7) is 5.32. The molecule has 96 valence electrons. The summed E-state index contributed by atoms with van der Waals surface area (Å²) < 4.78 is 6.09. The Bertz CT molecular complexity index is 366. The van der Waals surface area contributed by atoms with Gasteiger partial charge in [-0.05, 0) is 47.1 Å². The number of ether oxygens (including phenoxy) is 1. The van der Waals surface area contributed by atoms with E-state index >= 15 is 0 Å². The standard InChI is InChI=1S/C13H20BrNO2/c1-4-15-9-13(2,16)8-10-5-6-12(17-3)11(14)7-10/h5-7,15-16H,4,8-9H2,1-3H3. The molecule has 0 heterocycles. The van der Waals surface area contributed by atoms with Crippen molar-refractivity contribution in [3.8, 4) is 5.75 Å². The molecule has 1 rings (SSSR count). The SMILES string of the molecule is CCNCC(C)(O)Cc1ccc(OC)c(Br)c1. The number of nitrogens with one attached hydrogen (secondary N) is 1. The van der Waals surface area contributed by atoms with Crippen molar-refractivity contribution in [2.75, 3.05) is 20.2 Å². The van der Waals surface area contributed by atoms with Crippen LogP contribution in [0.3, 0.4) is 0 Å². The van der Waals surface area contributed by atoms with Gasteiger partial charge in [0.15, 0.2) is 0 Å². The van der Waals surface area contributed by atoms with Gasteiger partial charge in [-0.25, -0.2) is 0 Å². The molecule has 0 aliphatic rings. The highest BCUT2D eigenvalue weighted by atomic mass is 79.9.